The van der Waals surface area contributed by atoms with Crippen LogP contribution in [0.15, 0.2) is 36.9 Å². The van der Waals surface area contributed by atoms with Gasteiger partial charge in [0, 0.05) is 25.0 Å². The lowest BCUT2D eigenvalue weighted by molar-refractivity contribution is 0.0695. The average molecular weight is 264 g/mol. The first-order chi connectivity index (χ1) is 9.15. The molecule has 0 spiro atoms. The molecule has 0 fully saturated rings. The monoisotopic (exact) mass is 264 g/mol. The van der Waals surface area contributed by atoms with Crippen LogP contribution in [0.4, 0.5) is 4.39 Å². The van der Waals surface area contributed by atoms with Crippen molar-refractivity contribution in [1.29, 1.82) is 0 Å². The van der Waals surface area contributed by atoms with Gasteiger partial charge in [-0.2, -0.15) is 0 Å². The van der Waals surface area contributed by atoms with E-state index in [0.717, 1.165) is 19.0 Å². The summed E-state index contributed by atoms with van der Waals surface area (Å²) in [6, 6.07) is 3.44. The summed E-state index contributed by atoms with van der Waals surface area (Å²) in [7, 11) is 0. The van der Waals surface area contributed by atoms with Gasteiger partial charge in [0.05, 0.1) is 18.5 Å². The Morgan fingerprint density at radius 1 is 1.42 bits per heavy atom. The van der Waals surface area contributed by atoms with E-state index in [9.17, 15) is 9.18 Å². The molecule has 5 nitrogen and oxygen atoms in total. The molecular formula is C13H13FN2O3. The van der Waals surface area contributed by atoms with E-state index < -0.39 is 11.8 Å². The molecule has 2 rings (SSSR count). The van der Waals surface area contributed by atoms with E-state index in [2.05, 4.69) is 4.98 Å². The van der Waals surface area contributed by atoms with Gasteiger partial charge in [-0.15, -0.1) is 0 Å². The molecule has 0 saturated heterocycles. The van der Waals surface area contributed by atoms with Crippen molar-refractivity contribution >= 4 is 5.97 Å². The predicted octanol–water partition coefficient (Wildman–Crippen LogP) is 2.19. The van der Waals surface area contributed by atoms with Gasteiger partial charge >= 0.3 is 5.97 Å². The molecule has 0 bridgehead atoms. The van der Waals surface area contributed by atoms with Crippen LogP contribution in [0.2, 0.25) is 0 Å². The number of rotatable bonds is 6. The second-order valence-corrected chi connectivity index (χ2v) is 3.98. The van der Waals surface area contributed by atoms with Crippen LogP contribution >= 0.6 is 0 Å². The number of aryl methyl sites for hydroxylation is 1. The lowest BCUT2D eigenvalue weighted by atomic mass is 10.2. The van der Waals surface area contributed by atoms with Crippen molar-refractivity contribution in [1.82, 2.24) is 9.55 Å². The highest BCUT2D eigenvalue weighted by molar-refractivity contribution is 5.88. The molecule has 0 amide bonds. The van der Waals surface area contributed by atoms with E-state index in [-0.39, 0.29) is 11.3 Å². The van der Waals surface area contributed by atoms with Gasteiger partial charge in [0.1, 0.15) is 11.6 Å². The highest BCUT2D eigenvalue weighted by Gasteiger charge is 2.07. The molecule has 0 unspecified atom stereocenters. The second-order valence-electron chi connectivity index (χ2n) is 3.98. The molecule has 1 N–H and O–H groups in total. The number of carboxylic acids is 1. The maximum Gasteiger partial charge on any atom is 0.335 e. The molecule has 6 heteroatoms. The summed E-state index contributed by atoms with van der Waals surface area (Å²) in [5.74, 6) is -1.57. The van der Waals surface area contributed by atoms with Gasteiger partial charge < -0.3 is 14.4 Å². The standard InChI is InChI=1S/C13H13FN2O3/c14-11-6-10(13(17)18)7-12(8-11)19-5-1-3-16-4-2-15-9-16/h2,4,6-9H,1,3,5H2,(H,17,18). The van der Waals surface area contributed by atoms with Gasteiger partial charge in [0.2, 0.25) is 0 Å². The van der Waals surface area contributed by atoms with Gasteiger partial charge in [-0.1, -0.05) is 0 Å². The van der Waals surface area contributed by atoms with Crippen LogP contribution in [-0.4, -0.2) is 27.2 Å². The van der Waals surface area contributed by atoms with E-state index in [0.29, 0.717) is 6.61 Å². The van der Waals surface area contributed by atoms with Crippen molar-refractivity contribution < 1.29 is 19.0 Å². The minimum Gasteiger partial charge on any atom is -0.493 e. The van der Waals surface area contributed by atoms with Crippen molar-refractivity contribution in [2.75, 3.05) is 6.61 Å². The van der Waals surface area contributed by atoms with E-state index in [4.69, 9.17) is 9.84 Å². The maximum atomic E-state index is 13.2. The molecule has 0 aliphatic carbocycles. The third-order valence-electron chi connectivity index (χ3n) is 2.51. The van der Waals surface area contributed by atoms with Crippen molar-refractivity contribution in [3.8, 4) is 5.75 Å². The third-order valence-corrected chi connectivity index (χ3v) is 2.51. The quantitative estimate of drug-likeness (QED) is 0.812. The van der Waals surface area contributed by atoms with Gasteiger partial charge in [-0.3, -0.25) is 0 Å². The Kier molecular flexibility index (Phi) is 4.12. The van der Waals surface area contributed by atoms with Gasteiger partial charge in [-0.25, -0.2) is 14.2 Å². The lowest BCUT2D eigenvalue weighted by Gasteiger charge is -2.07. The molecule has 1 aromatic carbocycles. The van der Waals surface area contributed by atoms with E-state index >= 15 is 0 Å². The number of hydrogen-bond acceptors (Lipinski definition) is 3. The molecule has 100 valence electrons. The molecule has 0 atom stereocenters. The van der Waals surface area contributed by atoms with E-state index in [1.807, 2.05) is 10.8 Å². The van der Waals surface area contributed by atoms with Crippen molar-refractivity contribution in [2.45, 2.75) is 13.0 Å². The molecule has 0 aliphatic heterocycles. The Morgan fingerprint density at radius 2 is 2.26 bits per heavy atom. The normalized spacial score (nSPS) is 10.4. The minimum atomic E-state index is -1.18. The highest BCUT2D eigenvalue weighted by atomic mass is 19.1. The van der Waals surface area contributed by atoms with Crippen LogP contribution < -0.4 is 4.74 Å². The van der Waals surface area contributed by atoms with E-state index in [1.54, 1.807) is 12.5 Å². The van der Waals surface area contributed by atoms with Crippen molar-refractivity contribution in [3.63, 3.8) is 0 Å². The number of aromatic carboxylic acids is 1. The zero-order chi connectivity index (χ0) is 13.7. The van der Waals surface area contributed by atoms with Gasteiger partial charge in [0.25, 0.3) is 0 Å². The molecule has 1 aromatic heterocycles. The SMILES string of the molecule is O=C(O)c1cc(F)cc(OCCCn2ccnc2)c1. The predicted molar refractivity (Wildman–Crippen MR) is 65.7 cm³/mol. The van der Waals surface area contributed by atoms with Crippen LogP contribution in [0, 0.1) is 5.82 Å². The number of carboxylic acid groups (broad SMARTS) is 1. The Hall–Kier alpha value is -2.37. The Morgan fingerprint density at radius 3 is 2.95 bits per heavy atom. The first-order valence-corrected chi connectivity index (χ1v) is 5.77. The molecule has 0 radical (unpaired) electrons. The number of halogens is 1. The van der Waals surface area contributed by atoms with Crippen LogP contribution in [-0.2, 0) is 6.54 Å². The summed E-state index contributed by atoms with van der Waals surface area (Å²) in [6.07, 6.45) is 5.94. The summed E-state index contributed by atoms with van der Waals surface area (Å²) < 4.78 is 20.4. The Labute approximate surface area is 109 Å². The lowest BCUT2D eigenvalue weighted by Crippen LogP contribution is -2.04. The summed E-state index contributed by atoms with van der Waals surface area (Å²) in [6.45, 7) is 1.11. The number of benzene rings is 1. The maximum absolute atomic E-state index is 13.2. The van der Waals surface area contributed by atoms with Crippen molar-refractivity contribution in [2.24, 2.45) is 0 Å². The fraction of sp³-hybridized carbons (Fsp3) is 0.231. The zero-order valence-electron chi connectivity index (χ0n) is 10.1. The number of carbonyl (C=O) groups is 1. The summed E-state index contributed by atoms with van der Waals surface area (Å²) >= 11 is 0. The summed E-state index contributed by atoms with van der Waals surface area (Å²) in [5, 5.41) is 8.80. The topological polar surface area (TPSA) is 64.3 Å². The fourth-order valence-corrected chi connectivity index (χ4v) is 1.63. The smallest absolute Gasteiger partial charge is 0.335 e. The van der Waals surface area contributed by atoms with Gasteiger partial charge in [-0.05, 0) is 18.6 Å². The fourth-order valence-electron chi connectivity index (χ4n) is 1.63. The Balaban J connectivity index is 1.87. The highest BCUT2D eigenvalue weighted by Crippen LogP contribution is 2.16. The largest absolute Gasteiger partial charge is 0.493 e. The second kappa shape index (κ2) is 5.99. The minimum absolute atomic E-state index is 0.121. The van der Waals surface area contributed by atoms with Crippen LogP contribution in [0.1, 0.15) is 16.8 Å². The molecule has 0 saturated carbocycles. The van der Waals surface area contributed by atoms with Crippen molar-refractivity contribution in [3.05, 3.63) is 48.3 Å². The Bertz CT molecular complexity index is 555. The number of nitrogens with zero attached hydrogens (tertiary/aromatic N) is 2. The number of aromatic nitrogens is 2. The van der Waals surface area contributed by atoms with E-state index in [1.165, 1.54) is 12.1 Å². The van der Waals surface area contributed by atoms with Crippen LogP contribution in [0.3, 0.4) is 0 Å². The molecule has 2 aromatic rings. The summed E-state index contributed by atoms with van der Waals surface area (Å²) in [5.41, 5.74) is -0.121. The first-order valence-electron chi connectivity index (χ1n) is 5.77. The van der Waals surface area contributed by atoms with Gasteiger partial charge in [0.15, 0.2) is 0 Å². The number of hydrogen-bond donors (Lipinski definition) is 1. The average Bonchev–Trinajstić information content (AvgIpc) is 2.87. The van der Waals surface area contributed by atoms with Crippen LogP contribution in [0.5, 0.6) is 5.75 Å². The summed E-state index contributed by atoms with van der Waals surface area (Å²) in [4.78, 5) is 14.7. The third kappa shape index (κ3) is 3.80. The first kappa shape index (κ1) is 13.1. The molecule has 0 aliphatic rings. The zero-order valence-corrected chi connectivity index (χ0v) is 10.1. The van der Waals surface area contributed by atoms with Crippen LogP contribution in [0.25, 0.3) is 0 Å². The molecule has 1 heterocycles. The number of ether oxygens (including phenoxy) is 1. The number of imidazole rings is 1. The molecular weight excluding hydrogens is 251 g/mol. The molecule has 19 heavy (non-hydrogen) atoms.